The molecule has 9 nitrogen and oxygen atoms in total. The number of carboxylic acids is 2. The van der Waals surface area contributed by atoms with Crippen molar-refractivity contribution in [3.63, 3.8) is 0 Å². The topological polar surface area (TPSA) is 151 Å². The number of rotatable bonds is 8. The van der Waals surface area contributed by atoms with Crippen LogP contribution in [0.25, 0.3) is 24.3 Å². The standard InChI is InChI=1S/C33H36N4O5/c1-6-20-16(2)26-13-31-23(15-38)19(5)25(37-31)11-24-17(3)21(7-9-32(39)40)29(35-24)14-30-22(8-10-33(41)42)18(4)27(36-30)12-28(20)34-26/h6,12-15,25,34-37H,1,7-11H2,2-5H3,(H,39,40)(H,41,42)/b27-12-,30-14-,31-13-. The van der Waals surface area contributed by atoms with Crippen LogP contribution in [0.1, 0.15) is 75.9 Å². The summed E-state index contributed by atoms with van der Waals surface area (Å²) in [7, 11) is 0. The SMILES string of the molecule is C=Cc1c2[nH]c(c1C)/C=C1\NC(Cc3[nH]c(c(CCC(=O)O)c3C)/C=c3\[nH]/c(c(C)c3CCC(=O)O)=C\2)C(C)=C1C=O. The molecule has 2 aliphatic rings. The second kappa shape index (κ2) is 11.2. The summed E-state index contributed by atoms with van der Waals surface area (Å²) < 4.78 is 0. The van der Waals surface area contributed by atoms with Gasteiger partial charge in [0.05, 0.1) is 6.04 Å². The van der Waals surface area contributed by atoms with Gasteiger partial charge in [-0.15, -0.1) is 0 Å². The van der Waals surface area contributed by atoms with Gasteiger partial charge < -0.3 is 30.5 Å². The lowest BCUT2D eigenvalue weighted by atomic mass is 9.98. The molecule has 0 aromatic carbocycles. The van der Waals surface area contributed by atoms with Crippen LogP contribution in [0, 0.1) is 20.8 Å². The van der Waals surface area contributed by atoms with Crippen molar-refractivity contribution in [1.29, 1.82) is 0 Å². The van der Waals surface area contributed by atoms with E-state index in [1.54, 1.807) is 6.08 Å². The number of nitrogens with one attached hydrogen (secondary N) is 4. The fourth-order valence-corrected chi connectivity index (χ4v) is 6.16. The van der Waals surface area contributed by atoms with E-state index in [1.807, 2.05) is 45.9 Å². The van der Waals surface area contributed by atoms with Gasteiger partial charge in [0, 0.05) is 69.6 Å². The Hall–Kier alpha value is -4.79. The van der Waals surface area contributed by atoms with Gasteiger partial charge in [-0.1, -0.05) is 12.7 Å². The third kappa shape index (κ3) is 5.18. The molecule has 0 radical (unpaired) electrons. The van der Waals surface area contributed by atoms with E-state index in [4.69, 9.17) is 0 Å². The summed E-state index contributed by atoms with van der Waals surface area (Å²) in [5, 5.41) is 24.1. The van der Waals surface area contributed by atoms with Crippen molar-refractivity contribution >= 4 is 42.5 Å². The number of aromatic amines is 3. The summed E-state index contributed by atoms with van der Waals surface area (Å²) in [6, 6.07) is -0.132. The van der Waals surface area contributed by atoms with Gasteiger partial charge in [0.1, 0.15) is 0 Å². The average Bonchev–Trinajstić information content (AvgIpc) is 3.59. The zero-order chi connectivity index (χ0) is 30.3. The highest BCUT2D eigenvalue weighted by molar-refractivity contribution is 5.87. The number of carbonyl (C=O) groups excluding carboxylic acids is 1. The number of carbonyl (C=O) groups is 3. The van der Waals surface area contributed by atoms with Crippen molar-refractivity contribution in [3.05, 3.63) is 90.3 Å². The summed E-state index contributed by atoms with van der Waals surface area (Å²) >= 11 is 0. The van der Waals surface area contributed by atoms with Gasteiger partial charge in [0.25, 0.3) is 0 Å². The van der Waals surface area contributed by atoms with E-state index < -0.39 is 11.9 Å². The quantitative estimate of drug-likeness (QED) is 0.230. The molecule has 2 aliphatic heterocycles. The highest BCUT2D eigenvalue weighted by atomic mass is 16.4. The van der Waals surface area contributed by atoms with Crippen LogP contribution >= 0.6 is 0 Å². The molecule has 0 fully saturated rings. The van der Waals surface area contributed by atoms with Crippen molar-refractivity contribution in [3.8, 4) is 0 Å². The second-order valence-electron chi connectivity index (χ2n) is 11.1. The maximum Gasteiger partial charge on any atom is 0.303 e. The smallest absolute Gasteiger partial charge is 0.303 e. The van der Waals surface area contributed by atoms with E-state index in [0.29, 0.717) is 24.8 Å². The highest BCUT2D eigenvalue weighted by Crippen LogP contribution is 2.31. The molecule has 8 bridgehead atoms. The summed E-state index contributed by atoms with van der Waals surface area (Å²) in [5.74, 6) is -1.76. The monoisotopic (exact) mass is 568 g/mol. The van der Waals surface area contributed by atoms with Crippen molar-refractivity contribution in [2.45, 2.75) is 65.8 Å². The number of carboxylic acid groups (broad SMARTS) is 2. The average molecular weight is 569 g/mol. The molecule has 9 heteroatoms. The Kier molecular flexibility index (Phi) is 7.69. The van der Waals surface area contributed by atoms with Crippen molar-refractivity contribution < 1.29 is 24.6 Å². The fraction of sp³-hybridized carbons (Fsp3) is 0.303. The van der Waals surface area contributed by atoms with Gasteiger partial charge in [0.2, 0.25) is 0 Å². The molecule has 1 unspecified atom stereocenters. The van der Waals surface area contributed by atoms with Crippen LogP contribution in [0.2, 0.25) is 0 Å². The number of H-pyrrole nitrogens is 3. The summed E-state index contributed by atoms with van der Waals surface area (Å²) in [5.41, 5.74) is 11.4. The fourth-order valence-electron chi connectivity index (χ4n) is 6.16. The molecular weight excluding hydrogens is 532 g/mol. The molecule has 0 spiro atoms. The number of hydrogen-bond acceptors (Lipinski definition) is 4. The molecule has 218 valence electrons. The molecule has 3 aromatic heterocycles. The lowest BCUT2D eigenvalue weighted by Gasteiger charge is -2.14. The van der Waals surface area contributed by atoms with Crippen LogP contribution in [0.3, 0.4) is 0 Å². The van der Waals surface area contributed by atoms with E-state index >= 15 is 0 Å². The highest BCUT2D eigenvalue weighted by Gasteiger charge is 2.28. The van der Waals surface area contributed by atoms with E-state index in [9.17, 15) is 24.6 Å². The Morgan fingerprint density at radius 3 is 2.17 bits per heavy atom. The molecular formula is C33H36N4O5. The normalized spacial score (nSPS) is 18.8. The maximum atomic E-state index is 12.2. The number of allylic oxidation sites excluding steroid dienone is 1. The van der Waals surface area contributed by atoms with Gasteiger partial charge in [-0.25, -0.2) is 0 Å². The third-order valence-electron chi connectivity index (χ3n) is 8.68. The first kappa shape index (κ1) is 28.7. The molecule has 42 heavy (non-hydrogen) atoms. The predicted octanol–water partition coefficient (Wildman–Crippen LogP) is 3.32. The van der Waals surface area contributed by atoms with Crippen LogP contribution in [0.5, 0.6) is 0 Å². The number of aldehydes is 1. The van der Waals surface area contributed by atoms with Gasteiger partial charge >= 0.3 is 11.9 Å². The van der Waals surface area contributed by atoms with Crippen molar-refractivity contribution in [1.82, 2.24) is 20.3 Å². The largest absolute Gasteiger partial charge is 0.481 e. The van der Waals surface area contributed by atoms with Gasteiger partial charge in [-0.05, 0) is 92.2 Å². The third-order valence-corrected chi connectivity index (χ3v) is 8.68. The van der Waals surface area contributed by atoms with Crippen molar-refractivity contribution in [2.75, 3.05) is 0 Å². The van der Waals surface area contributed by atoms with Crippen LogP contribution < -0.4 is 16.0 Å². The first-order chi connectivity index (χ1) is 20.0. The molecule has 0 saturated heterocycles. The minimum atomic E-state index is -0.878. The number of hydrogen-bond donors (Lipinski definition) is 6. The molecule has 5 heterocycles. The Morgan fingerprint density at radius 1 is 0.857 bits per heavy atom. The van der Waals surface area contributed by atoms with E-state index in [2.05, 4.69) is 26.8 Å². The Bertz CT molecular complexity index is 1830. The number of aromatic nitrogens is 3. The Labute approximate surface area is 243 Å². The minimum absolute atomic E-state index is 0.0187. The summed E-state index contributed by atoms with van der Waals surface area (Å²) in [4.78, 5) is 45.8. The second-order valence-corrected chi connectivity index (χ2v) is 11.1. The molecule has 5 rings (SSSR count). The first-order valence-electron chi connectivity index (χ1n) is 14.1. The zero-order valence-electron chi connectivity index (χ0n) is 24.3. The summed E-state index contributed by atoms with van der Waals surface area (Å²) in [6.45, 7) is 12.0. The maximum absolute atomic E-state index is 12.2. The molecule has 3 aromatic rings. The molecule has 1 atom stereocenters. The zero-order valence-corrected chi connectivity index (χ0v) is 24.3. The van der Waals surface area contributed by atoms with Crippen LogP contribution in [0.4, 0.5) is 0 Å². The van der Waals surface area contributed by atoms with E-state index in [-0.39, 0.29) is 18.9 Å². The van der Waals surface area contributed by atoms with Crippen LogP contribution in [-0.2, 0) is 33.6 Å². The van der Waals surface area contributed by atoms with E-state index in [0.717, 1.165) is 84.4 Å². The molecule has 0 saturated carbocycles. The number of fused-ring (bicyclic) bond motifs is 8. The van der Waals surface area contributed by atoms with Gasteiger partial charge in [0.15, 0.2) is 6.29 Å². The predicted molar refractivity (Wildman–Crippen MR) is 162 cm³/mol. The minimum Gasteiger partial charge on any atom is -0.481 e. The van der Waals surface area contributed by atoms with Gasteiger partial charge in [-0.3, -0.25) is 14.4 Å². The molecule has 0 aliphatic carbocycles. The summed E-state index contributed by atoms with van der Waals surface area (Å²) in [6.07, 6.45) is 9.84. The van der Waals surface area contributed by atoms with Crippen LogP contribution in [0.15, 0.2) is 23.4 Å². The van der Waals surface area contributed by atoms with E-state index in [1.165, 1.54) is 0 Å². The molecule has 6 N–H and O–H groups in total. The lowest BCUT2D eigenvalue weighted by Crippen LogP contribution is -2.26. The molecule has 0 amide bonds. The Balaban J connectivity index is 1.83. The van der Waals surface area contributed by atoms with Gasteiger partial charge in [-0.2, -0.15) is 0 Å². The number of aliphatic carboxylic acids is 2. The Morgan fingerprint density at radius 2 is 1.52 bits per heavy atom. The lowest BCUT2D eigenvalue weighted by molar-refractivity contribution is -0.138. The van der Waals surface area contributed by atoms with Crippen LogP contribution in [-0.4, -0.2) is 49.4 Å². The van der Waals surface area contributed by atoms with Crippen molar-refractivity contribution in [2.24, 2.45) is 0 Å². The first-order valence-corrected chi connectivity index (χ1v) is 14.1.